The molecule has 0 rings (SSSR count). The average Bonchev–Trinajstić information content (AvgIpc) is 2.98. The summed E-state index contributed by atoms with van der Waals surface area (Å²) in [6.07, 6.45) is 33.6. The SMILES string of the molecule is CCCCCCCCCCCCCCCC[C@H](O)C(=O)N[C@@H](CO)[C@H](O)CCCCCCCCCCCCCCC. The number of carbonyl (C=O) groups is 1. The van der Waals surface area contributed by atoms with Gasteiger partial charge in [0.25, 0.3) is 0 Å². The zero-order valence-electron chi connectivity index (χ0n) is 27.7. The predicted octanol–water partition coefficient (Wildman–Crippen LogP) is 9.54. The van der Waals surface area contributed by atoms with Gasteiger partial charge < -0.3 is 20.6 Å². The Kier molecular flexibility index (Phi) is 31.8. The molecule has 0 saturated carbocycles. The summed E-state index contributed by atoms with van der Waals surface area (Å²) in [5.41, 5.74) is 0. The molecule has 0 aromatic rings. The zero-order valence-corrected chi connectivity index (χ0v) is 27.7. The van der Waals surface area contributed by atoms with Crippen LogP contribution in [0.4, 0.5) is 0 Å². The first-order valence-electron chi connectivity index (χ1n) is 18.3. The van der Waals surface area contributed by atoms with Gasteiger partial charge in [0.2, 0.25) is 5.91 Å². The molecule has 1 amide bonds. The molecule has 246 valence electrons. The summed E-state index contributed by atoms with van der Waals surface area (Å²) in [5.74, 6) is -0.469. The van der Waals surface area contributed by atoms with Gasteiger partial charge in [-0.05, 0) is 12.8 Å². The zero-order chi connectivity index (χ0) is 30.2. The number of unbranched alkanes of at least 4 members (excludes halogenated alkanes) is 25. The summed E-state index contributed by atoms with van der Waals surface area (Å²) in [7, 11) is 0. The van der Waals surface area contributed by atoms with E-state index in [2.05, 4.69) is 19.2 Å². The topological polar surface area (TPSA) is 89.8 Å². The summed E-state index contributed by atoms with van der Waals surface area (Å²) in [5, 5.41) is 33.1. The largest absolute Gasteiger partial charge is 0.394 e. The van der Waals surface area contributed by atoms with E-state index in [4.69, 9.17) is 0 Å². The van der Waals surface area contributed by atoms with E-state index in [1.165, 1.54) is 141 Å². The van der Waals surface area contributed by atoms with E-state index in [9.17, 15) is 20.1 Å². The van der Waals surface area contributed by atoms with Crippen LogP contribution < -0.4 is 5.32 Å². The number of amides is 1. The van der Waals surface area contributed by atoms with Crippen molar-refractivity contribution in [3.63, 3.8) is 0 Å². The summed E-state index contributed by atoms with van der Waals surface area (Å²) in [6.45, 7) is 4.22. The fourth-order valence-corrected chi connectivity index (χ4v) is 5.78. The number of aliphatic hydroxyl groups excluding tert-OH is 3. The normalized spacial score (nSPS) is 13.8. The van der Waals surface area contributed by atoms with Gasteiger partial charge in [-0.1, -0.05) is 187 Å². The van der Waals surface area contributed by atoms with E-state index in [0.29, 0.717) is 12.8 Å². The van der Waals surface area contributed by atoms with E-state index in [1.807, 2.05) is 0 Å². The Bertz CT molecular complexity index is 530. The highest BCUT2D eigenvalue weighted by Crippen LogP contribution is 2.16. The van der Waals surface area contributed by atoms with Gasteiger partial charge >= 0.3 is 0 Å². The van der Waals surface area contributed by atoms with Crippen LogP contribution in [0, 0.1) is 0 Å². The lowest BCUT2D eigenvalue weighted by molar-refractivity contribution is -0.131. The third-order valence-electron chi connectivity index (χ3n) is 8.73. The van der Waals surface area contributed by atoms with E-state index >= 15 is 0 Å². The first-order chi connectivity index (χ1) is 20.1. The van der Waals surface area contributed by atoms with Crippen LogP contribution in [0.3, 0.4) is 0 Å². The van der Waals surface area contributed by atoms with E-state index < -0.39 is 24.2 Å². The van der Waals surface area contributed by atoms with Crippen molar-refractivity contribution in [3.8, 4) is 0 Å². The van der Waals surface area contributed by atoms with Crippen molar-refractivity contribution in [1.82, 2.24) is 5.32 Å². The third kappa shape index (κ3) is 27.9. The van der Waals surface area contributed by atoms with Gasteiger partial charge in [0.05, 0.1) is 18.8 Å². The highest BCUT2D eigenvalue weighted by molar-refractivity contribution is 5.80. The van der Waals surface area contributed by atoms with Crippen molar-refractivity contribution in [1.29, 1.82) is 0 Å². The summed E-state index contributed by atoms with van der Waals surface area (Å²) in [4.78, 5) is 12.4. The lowest BCUT2D eigenvalue weighted by atomic mass is 10.0. The molecule has 3 atom stereocenters. The maximum atomic E-state index is 12.4. The molecule has 0 bridgehead atoms. The summed E-state index contributed by atoms with van der Waals surface area (Å²) < 4.78 is 0. The molecule has 0 spiro atoms. The minimum Gasteiger partial charge on any atom is -0.394 e. The molecule has 0 aromatic heterocycles. The number of rotatable bonds is 33. The molecule has 0 radical (unpaired) electrons. The molecule has 0 aliphatic carbocycles. The minimum absolute atomic E-state index is 0.309. The van der Waals surface area contributed by atoms with Gasteiger partial charge in [-0.15, -0.1) is 0 Å². The smallest absolute Gasteiger partial charge is 0.249 e. The first-order valence-corrected chi connectivity index (χ1v) is 18.3. The Morgan fingerprint density at radius 1 is 0.488 bits per heavy atom. The van der Waals surface area contributed by atoms with Crippen LogP contribution in [-0.2, 0) is 4.79 Å². The number of hydrogen-bond acceptors (Lipinski definition) is 4. The Labute approximate surface area is 256 Å². The first kappa shape index (κ1) is 40.4. The fourth-order valence-electron chi connectivity index (χ4n) is 5.78. The lowest BCUT2D eigenvalue weighted by Crippen LogP contribution is -2.49. The maximum Gasteiger partial charge on any atom is 0.249 e. The lowest BCUT2D eigenvalue weighted by Gasteiger charge is -2.23. The van der Waals surface area contributed by atoms with Crippen molar-refractivity contribution in [2.45, 2.75) is 218 Å². The molecule has 0 aliphatic heterocycles. The molecule has 41 heavy (non-hydrogen) atoms. The predicted molar refractivity (Wildman–Crippen MR) is 176 cm³/mol. The van der Waals surface area contributed by atoms with Crippen LogP contribution in [0.2, 0.25) is 0 Å². The van der Waals surface area contributed by atoms with Gasteiger partial charge in [-0.2, -0.15) is 0 Å². The molecule has 5 heteroatoms. The minimum atomic E-state index is -1.06. The number of hydrogen-bond donors (Lipinski definition) is 4. The van der Waals surface area contributed by atoms with Gasteiger partial charge in [-0.25, -0.2) is 0 Å². The molecule has 0 fully saturated rings. The van der Waals surface area contributed by atoms with E-state index in [0.717, 1.165) is 32.1 Å². The van der Waals surface area contributed by atoms with Crippen LogP contribution in [0.15, 0.2) is 0 Å². The van der Waals surface area contributed by atoms with Crippen molar-refractivity contribution < 1.29 is 20.1 Å². The molecule has 4 N–H and O–H groups in total. The molecule has 0 aromatic carbocycles. The molecule has 0 saturated heterocycles. The van der Waals surface area contributed by atoms with Crippen LogP contribution in [-0.4, -0.2) is 46.1 Å². The van der Waals surface area contributed by atoms with Crippen molar-refractivity contribution in [2.24, 2.45) is 0 Å². The molecule has 0 unspecified atom stereocenters. The second-order valence-corrected chi connectivity index (χ2v) is 12.8. The second kappa shape index (κ2) is 32.3. The Hall–Kier alpha value is -0.650. The van der Waals surface area contributed by atoms with Crippen molar-refractivity contribution in [2.75, 3.05) is 6.61 Å². The van der Waals surface area contributed by atoms with E-state index in [-0.39, 0.29) is 6.61 Å². The molecule has 5 nitrogen and oxygen atoms in total. The third-order valence-corrected chi connectivity index (χ3v) is 8.73. The molecule has 0 heterocycles. The Morgan fingerprint density at radius 2 is 0.780 bits per heavy atom. The molecular weight excluding hydrogens is 510 g/mol. The van der Waals surface area contributed by atoms with Crippen LogP contribution in [0.25, 0.3) is 0 Å². The number of carbonyl (C=O) groups excluding carboxylic acids is 1. The van der Waals surface area contributed by atoms with Crippen LogP contribution >= 0.6 is 0 Å². The van der Waals surface area contributed by atoms with Gasteiger partial charge in [0.1, 0.15) is 6.10 Å². The van der Waals surface area contributed by atoms with Gasteiger partial charge in [0.15, 0.2) is 0 Å². The van der Waals surface area contributed by atoms with Crippen molar-refractivity contribution in [3.05, 3.63) is 0 Å². The molecular formula is C36H73NO4. The Balaban J connectivity index is 3.66. The van der Waals surface area contributed by atoms with Crippen molar-refractivity contribution >= 4 is 5.91 Å². The Morgan fingerprint density at radius 3 is 1.10 bits per heavy atom. The fraction of sp³-hybridized carbons (Fsp3) is 0.972. The van der Waals surface area contributed by atoms with Gasteiger partial charge in [0, 0.05) is 0 Å². The average molecular weight is 584 g/mol. The quantitative estimate of drug-likeness (QED) is 0.0579. The summed E-state index contributed by atoms with van der Waals surface area (Å²) >= 11 is 0. The number of nitrogens with one attached hydrogen (secondary N) is 1. The van der Waals surface area contributed by atoms with Crippen LogP contribution in [0.1, 0.15) is 200 Å². The highest BCUT2D eigenvalue weighted by Gasteiger charge is 2.23. The monoisotopic (exact) mass is 584 g/mol. The maximum absolute atomic E-state index is 12.4. The number of aliphatic hydroxyl groups is 3. The summed E-state index contributed by atoms with van der Waals surface area (Å²) in [6, 6.07) is -0.703. The molecule has 0 aliphatic rings. The van der Waals surface area contributed by atoms with Gasteiger partial charge in [-0.3, -0.25) is 4.79 Å². The second-order valence-electron chi connectivity index (χ2n) is 12.8. The standard InChI is InChI=1S/C36H73NO4/c1-3-5-7-9-11-13-15-17-19-21-23-25-27-29-31-35(40)36(41)37-33(32-38)34(39)30-28-26-24-22-20-18-16-14-12-10-8-6-4-2/h33-35,38-40H,3-32H2,1-2H3,(H,37,41)/t33-,34+,35-/m0/s1. The highest BCUT2D eigenvalue weighted by atomic mass is 16.3. The van der Waals surface area contributed by atoms with E-state index in [1.54, 1.807) is 0 Å². The van der Waals surface area contributed by atoms with Crippen LogP contribution in [0.5, 0.6) is 0 Å².